The Morgan fingerprint density at radius 1 is 1.14 bits per heavy atom. The molecular weight excluding hydrogens is 476 g/mol. The molecule has 1 spiro atoms. The van der Waals surface area contributed by atoms with Crippen molar-refractivity contribution in [1.82, 2.24) is 9.80 Å². The van der Waals surface area contributed by atoms with E-state index >= 15 is 0 Å². The molecule has 4 aliphatic rings. The second-order valence-electron chi connectivity index (χ2n) is 11.5. The number of cyclic esters (lactones) is 1. The average Bonchev–Trinajstić information content (AvgIpc) is 3.17. The summed E-state index contributed by atoms with van der Waals surface area (Å²) < 4.78 is 4.10. The molecule has 0 bridgehead atoms. The molecule has 2 unspecified atom stereocenters. The van der Waals surface area contributed by atoms with Crippen LogP contribution < -0.4 is 0 Å². The summed E-state index contributed by atoms with van der Waals surface area (Å²) in [5, 5.41) is 10.4. The summed E-state index contributed by atoms with van der Waals surface area (Å²) in [5.74, 6) is -1.86. The second kappa shape index (κ2) is 10.5. The molecule has 36 heavy (non-hydrogen) atoms. The van der Waals surface area contributed by atoms with Crippen LogP contribution in [0.1, 0.15) is 66.7 Å². The number of allylic oxidation sites excluding steroid dienone is 1. The standard InChI is InChI=1S/C28H42N2O5S/c1-6-11-19(4)29-14-10-13-28-21(22-26(34)35-15-9-7-8-12-27(22,5)36-28)24(32)30(23(28)25(29)33)20(17-31)16-18(2)3/h8,10,12-13,18-23,31H,6-7,9,11,14-17H2,1-5H3/b12-8-/t19?,20-,21+,22-,23?,27+,28+/m1/s1. The fourth-order valence-corrected chi connectivity index (χ4v) is 8.91. The summed E-state index contributed by atoms with van der Waals surface area (Å²) in [6.45, 7) is 10.9. The normalized spacial score (nSPS) is 36.9. The summed E-state index contributed by atoms with van der Waals surface area (Å²) in [7, 11) is 0. The van der Waals surface area contributed by atoms with Gasteiger partial charge in [-0.3, -0.25) is 14.4 Å². The first-order valence-electron chi connectivity index (χ1n) is 13.6. The number of thioether (sulfide) groups is 1. The van der Waals surface area contributed by atoms with Gasteiger partial charge in [-0.25, -0.2) is 0 Å². The lowest BCUT2D eigenvalue weighted by molar-refractivity contribution is -0.154. The summed E-state index contributed by atoms with van der Waals surface area (Å²) in [6, 6.07) is -1.24. The fourth-order valence-electron chi connectivity index (χ4n) is 6.77. The monoisotopic (exact) mass is 518 g/mol. The number of hydrogen-bond acceptors (Lipinski definition) is 6. The van der Waals surface area contributed by atoms with Gasteiger partial charge in [0.1, 0.15) is 6.04 Å². The molecule has 8 heteroatoms. The highest BCUT2D eigenvalue weighted by Gasteiger charge is 2.74. The Hall–Kier alpha value is -1.80. The lowest BCUT2D eigenvalue weighted by Crippen LogP contribution is -2.58. The van der Waals surface area contributed by atoms with Gasteiger partial charge in [0, 0.05) is 17.3 Å². The van der Waals surface area contributed by atoms with Crippen LogP contribution in [-0.2, 0) is 19.1 Å². The molecular formula is C28H42N2O5S. The van der Waals surface area contributed by atoms with Crippen molar-refractivity contribution in [2.24, 2.45) is 17.8 Å². The van der Waals surface area contributed by atoms with Crippen LogP contribution in [0.4, 0.5) is 0 Å². The smallest absolute Gasteiger partial charge is 0.311 e. The molecule has 2 saturated heterocycles. The van der Waals surface area contributed by atoms with Crippen molar-refractivity contribution in [2.45, 2.75) is 94.3 Å². The van der Waals surface area contributed by atoms with E-state index in [0.29, 0.717) is 19.6 Å². The van der Waals surface area contributed by atoms with Crippen LogP contribution in [0, 0.1) is 17.8 Å². The van der Waals surface area contributed by atoms with Crippen molar-refractivity contribution in [3.05, 3.63) is 24.3 Å². The average molecular weight is 519 g/mol. The minimum Gasteiger partial charge on any atom is -0.465 e. The number of likely N-dealkylation sites (tertiary alicyclic amines) is 1. The van der Waals surface area contributed by atoms with Gasteiger partial charge in [0.2, 0.25) is 11.8 Å². The highest BCUT2D eigenvalue weighted by molar-refractivity contribution is 8.02. The first-order chi connectivity index (χ1) is 17.1. The molecule has 0 aromatic heterocycles. The number of esters is 1. The number of amides is 2. The zero-order chi connectivity index (χ0) is 26.3. The van der Waals surface area contributed by atoms with Crippen LogP contribution in [0.5, 0.6) is 0 Å². The lowest BCUT2D eigenvalue weighted by Gasteiger charge is -2.41. The van der Waals surface area contributed by atoms with E-state index < -0.39 is 33.4 Å². The molecule has 0 aliphatic carbocycles. The van der Waals surface area contributed by atoms with Gasteiger partial charge in [-0.15, -0.1) is 11.8 Å². The number of nitrogens with zero attached hydrogens (tertiary/aromatic N) is 2. The molecule has 0 saturated carbocycles. The van der Waals surface area contributed by atoms with E-state index in [2.05, 4.69) is 39.8 Å². The zero-order valence-corrected chi connectivity index (χ0v) is 23.1. The van der Waals surface area contributed by atoms with E-state index in [4.69, 9.17) is 4.74 Å². The number of ether oxygens (including phenoxy) is 1. The van der Waals surface area contributed by atoms with Crippen molar-refractivity contribution < 1.29 is 24.2 Å². The molecule has 2 fully saturated rings. The van der Waals surface area contributed by atoms with Crippen LogP contribution in [0.3, 0.4) is 0 Å². The number of aliphatic hydroxyl groups excluding tert-OH is 1. The van der Waals surface area contributed by atoms with Gasteiger partial charge < -0.3 is 19.6 Å². The van der Waals surface area contributed by atoms with Gasteiger partial charge in [0.25, 0.3) is 0 Å². The minimum atomic E-state index is -0.902. The molecule has 1 N–H and O–H groups in total. The van der Waals surface area contributed by atoms with Gasteiger partial charge in [-0.1, -0.05) is 51.5 Å². The summed E-state index contributed by atoms with van der Waals surface area (Å²) in [4.78, 5) is 45.8. The van der Waals surface area contributed by atoms with Gasteiger partial charge in [-0.05, 0) is 45.4 Å². The molecule has 2 amide bonds. The van der Waals surface area contributed by atoms with E-state index in [0.717, 1.165) is 25.7 Å². The van der Waals surface area contributed by atoms with E-state index in [1.807, 2.05) is 24.0 Å². The van der Waals surface area contributed by atoms with Gasteiger partial charge in [-0.2, -0.15) is 0 Å². The van der Waals surface area contributed by atoms with Gasteiger partial charge in [0.15, 0.2) is 0 Å². The molecule has 4 heterocycles. The Labute approximate surface area is 219 Å². The van der Waals surface area contributed by atoms with E-state index in [1.54, 1.807) is 16.7 Å². The maximum atomic E-state index is 14.4. The molecule has 0 aromatic rings. The number of aliphatic hydroxyl groups is 1. The first kappa shape index (κ1) is 27.2. The van der Waals surface area contributed by atoms with Crippen molar-refractivity contribution in [2.75, 3.05) is 19.8 Å². The summed E-state index contributed by atoms with van der Waals surface area (Å²) >= 11 is 1.57. The third-order valence-electron chi connectivity index (χ3n) is 8.31. The van der Waals surface area contributed by atoms with E-state index in [1.165, 1.54) is 0 Å². The molecule has 4 rings (SSSR count). The molecule has 7 nitrogen and oxygen atoms in total. The number of carbonyl (C=O) groups excluding carboxylic acids is 3. The lowest BCUT2D eigenvalue weighted by atomic mass is 9.74. The van der Waals surface area contributed by atoms with E-state index in [9.17, 15) is 19.5 Å². The van der Waals surface area contributed by atoms with Crippen LogP contribution in [0.2, 0.25) is 0 Å². The quantitative estimate of drug-likeness (QED) is 0.410. The molecule has 200 valence electrons. The largest absolute Gasteiger partial charge is 0.465 e. The van der Waals surface area contributed by atoms with E-state index in [-0.39, 0.29) is 36.4 Å². The Morgan fingerprint density at radius 3 is 2.56 bits per heavy atom. The number of hydrogen-bond donors (Lipinski definition) is 1. The number of carbonyl (C=O) groups is 3. The van der Waals surface area contributed by atoms with Crippen molar-refractivity contribution in [3.8, 4) is 0 Å². The third-order valence-corrected chi connectivity index (χ3v) is 10.1. The Kier molecular flexibility index (Phi) is 7.96. The maximum absolute atomic E-state index is 14.4. The topological polar surface area (TPSA) is 87.2 Å². The zero-order valence-electron chi connectivity index (χ0n) is 22.3. The summed E-state index contributed by atoms with van der Waals surface area (Å²) in [6.07, 6.45) is 12.2. The van der Waals surface area contributed by atoms with Crippen molar-refractivity contribution >= 4 is 29.5 Å². The maximum Gasteiger partial charge on any atom is 0.311 e. The minimum absolute atomic E-state index is 0.0278. The van der Waals surface area contributed by atoms with Crippen molar-refractivity contribution in [3.63, 3.8) is 0 Å². The highest BCUT2D eigenvalue weighted by atomic mass is 32.2. The number of fused-ring (bicyclic) bond motifs is 2. The molecule has 0 aromatic carbocycles. The van der Waals surface area contributed by atoms with Gasteiger partial charge >= 0.3 is 5.97 Å². The predicted molar refractivity (Wildman–Crippen MR) is 141 cm³/mol. The van der Waals surface area contributed by atoms with Crippen LogP contribution in [0.15, 0.2) is 24.3 Å². The van der Waals surface area contributed by atoms with Crippen molar-refractivity contribution in [1.29, 1.82) is 0 Å². The van der Waals surface area contributed by atoms with Crippen LogP contribution >= 0.6 is 11.8 Å². The van der Waals surface area contributed by atoms with Gasteiger partial charge in [0.05, 0.1) is 35.8 Å². The second-order valence-corrected chi connectivity index (χ2v) is 13.2. The highest BCUT2D eigenvalue weighted by Crippen LogP contribution is 2.65. The van der Waals surface area contributed by atoms with Crippen LogP contribution in [0.25, 0.3) is 0 Å². The third kappa shape index (κ3) is 4.42. The molecule has 7 atom stereocenters. The Balaban J connectivity index is 1.88. The molecule has 0 radical (unpaired) electrons. The number of rotatable bonds is 7. The fraction of sp³-hybridized carbons (Fsp3) is 0.750. The SMILES string of the molecule is CCCC(C)N1CC=C[C@]23S[C@@]4(C)/C=C\CCCOC(=O)[C@H]4[C@H]2C(=O)N([C@@H](CO)CC(C)C)C3C1=O. The summed E-state index contributed by atoms with van der Waals surface area (Å²) in [5.41, 5.74) is 0. The first-order valence-corrected chi connectivity index (χ1v) is 14.4. The Bertz CT molecular complexity index is 935. The Morgan fingerprint density at radius 2 is 1.89 bits per heavy atom. The predicted octanol–water partition coefficient (Wildman–Crippen LogP) is 3.56. The van der Waals surface area contributed by atoms with Crippen LogP contribution in [-0.4, -0.2) is 80.1 Å². The molecule has 4 aliphatic heterocycles.